The van der Waals surface area contributed by atoms with Gasteiger partial charge < -0.3 is 9.47 Å². The van der Waals surface area contributed by atoms with E-state index in [-0.39, 0.29) is 17.2 Å². The molecule has 36 heavy (non-hydrogen) atoms. The first-order valence-electron chi connectivity index (χ1n) is 11.2. The molecule has 184 valence electrons. The zero-order valence-corrected chi connectivity index (χ0v) is 21.1. The normalized spacial score (nSPS) is 14.8. The summed E-state index contributed by atoms with van der Waals surface area (Å²) in [6, 6.07) is 15.3. The number of nitrogens with zero attached hydrogens (tertiary/aromatic N) is 1. The summed E-state index contributed by atoms with van der Waals surface area (Å²) in [5, 5.41) is 2.47. The Bertz CT molecular complexity index is 1380. The van der Waals surface area contributed by atoms with Crippen LogP contribution in [0, 0.1) is 20.8 Å². The van der Waals surface area contributed by atoms with Gasteiger partial charge in [0, 0.05) is 0 Å². The Labute approximate surface area is 214 Å². The highest BCUT2D eigenvalue weighted by Gasteiger charge is 2.36. The maximum Gasteiger partial charge on any atom is 0.335 e. The number of anilines is 1. The van der Waals surface area contributed by atoms with E-state index in [4.69, 9.17) is 21.1 Å². The number of imide groups is 2. The highest BCUT2D eigenvalue weighted by molar-refractivity contribution is 6.39. The first-order chi connectivity index (χ1) is 17.2. The Hall–Kier alpha value is -4.10. The van der Waals surface area contributed by atoms with E-state index in [1.54, 1.807) is 36.4 Å². The van der Waals surface area contributed by atoms with Gasteiger partial charge in [0.1, 0.15) is 12.2 Å². The molecule has 7 nitrogen and oxygen atoms in total. The summed E-state index contributed by atoms with van der Waals surface area (Å²) >= 11 is 6.51. The van der Waals surface area contributed by atoms with E-state index in [9.17, 15) is 14.4 Å². The quantitative estimate of drug-likeness (QED) is 0.353. The van der Waals surface area contributed by atoms with Crippen molar-refractivity contribution >= 4 is 41.2 Å². The van der Waals surface area contributed by atoms with Gasteiger partial charge in [0.2, 0.25) is 0 Å². The van der Waals surface area contributed by atoms with E-state index in [1.807, 2.05) is 32.9 Å². The molecular weight excluding hydrogens is 480 g/mol. The third kappa shape index (κ3) is 5.26. The highest BCUT2D eigenvalue weighted by Crippen LogP contribution is 2.38. The van der Waals surface area contributed by atoms with Crippen LogP contribution in [-0.2, 0) is 16.2 Å². The smallest absolute Gasteiger partial charge is 0.335 e. The molecule has 1 N–H and O–H groups in total. The minimum Gasteiger partial charge on any atom is -0.493 e. The van der Waals surface area contributed by atoms with Crippen molar-refractivity contribution in [3.8, 4) is 11.5 Å². The molecule has 0 aromatic heterocycles. The number of amides is 4. The average Bonchev–Trinajstić information content (AvgIpc) is 2.81. The van der Waals surface area contributed by atoms with Crippen molar-refractivity contribution in [3.05, 3.63) is 93.0 Å². The number of methoxy groups -OCH3 is 1. The highest BCUT2D eigenvalue weighted by atomic mass is 35.5. The number of hydrogen-bond acceptors (Lipinski definition) is 5. The van der Waals surface area contributed by atoms with Gasteiger partial charge in [-0.1, -0.05) is 58.6 Å². The second-order valence-corrected chi connectivity index (χ2v) is 9.02. The predicted molar refractivity (Wildman–Crippen MR) is 138 cm³/mol. The fourth-order valence-electron chi connectivity index (χ4n) is 4.02. The Balaban J connectivity index is 1.63. The number of halogens is 1. The van der Waals surface area contributed by atoms with Crippen LogP contribution in [0.2, 0.25) is 5.02 Å². The SMILES string of the molecule is COc1cc(/C=C2\C(=O)NC(=O)N(c3ccc(C)cc3)C2=O)cc(Cl)c1OCc1cc(C)cc(C)c1. The number of ether oxygens (including phenoxy) is 2. The number of nitrogens with one attached hydrogen (secondary N) is 1. The Morgan fingerprint density at radius 2 is 1.58 bits per heavy atom. The van der Waals surface area contributed by atoms with Gasteiger partial charge in [-0.3, -0.25) is 14.9 Å². The number of rotatable bonds is 6. The third-order valence-electron chi connectivity index (χ3n) is 5.62. The molecule has 8 heteroatoms. The molecule has 1 aliphatic heterocycles. The van der Waals surface area contributed by atoms with Crippen LogP contribution in [-0.4, -0.2) is 25.0 Å². The molecule has 1 aliphatic rings. The summed E-state index contributed by atoms with van der Waals surface area (Å²) in [5.74, 6) is -0.846. The van der Waals surface area contributed by atoms with Gasteiger partial charge in [-0.15, -0.1) is 0 Å². The van der Waals surface area contributed by atoms with Crippen LogP contribution >= 0.6 is 11.6 Å². The van der Waals surface area contributed by atoms with E-state index < -0.39 is 17.8 Å². The van der Waals surface area contributed by atoms with E-state index >= 15 is 0 Å². The first kappa shape index (κ1) is 25.0. The molecule has 0 aliphatic carbocycles. The topological polar surface area (TPSA) is 84.9 Å². The molecule has 1 fully saturated rings. The van der Waals surface area contributed by atoms with Gasteiger partial charge in [0.15, 0.2) is 11.5 Å². The van der Waals surface area contributed by atoms with Crippen LogP contribution in [0.3, 0.4) is 0 Å². The molecule has 3 aromatic rings. The molecule has 0 spiro atoms. The lowest BCUT2D eigenvalue weighted by atomic mass is 10.1. The van der Waals surface area contributed by atoms with Gasteiger partial charge >= 0.3 is 6.03 Å². The minimum atomic E-state index is -0.809. The van der Waals surface area contributed by atoms with Crippen LogP contribution in [0.25, 0.3) is 6.08 Å². The molecule has 4 amide bonds. The second kappa shape index (κ2) is 10.3. The van der Waals surface area contributed by atoms with Gasteiger partial charge in [0.25, 0.3) is 11.8 Å². The van der Waals surface area contributed by atoms with E-state index in [2.05, 4.69) is 11.4 Å². The van der Waals surface area contributed by atoms with Crippen LogP contribution in [0.15, 0.2) is 60.2 Å². The third-order valence-corrected chi connectivity index (χ3v) is 5.90. The van der Waals surface area contributed by atoms with Crippen molar-refractivity contribution in [3.63, 3.8) is 0 Å². The molecule has 0 radical (unpaired) electrons. The lowest BCUT2D eigenvalue weighted by Gasteiger charge is -2.26. The Morgan fingerprint density at radius 3 is 2.22 bits per heavy atom. The van der Waals surface area contributed by atoms with Gasteiger partial charge in [-0.05, 0) is 62.2 Å². The molecule has 0 saturated carbocycles. The Kier molecular flexibility index (Phi) is 7.12. The summed E-state index contributed by atoms with van der Waals surface area (Å²) in [6.45, 7) is 6.21. The van der Waals surface area contributed by atoms with E-state index in [0.29, 0.717) is 22.7 Å². The summed E-state index contributed by atoms with van der Waals surface area (Å²) in [5.41, 5.74) is 4.79. The van der Waals surface area contributed by atoms with Crippen molar-refractivity contribution in [1.29, 1.82) is 0 Å². The molecule has 3 aromatic carbocycles. The number of urea groups is 1. The zero-order chi connectivity index (χ0) is 26.0. The fraction of sp³-hybridized carbons (Fsp3) is 0.179. The molecule has 1 heterocycles. The predicted octanol–water partition coefficient (Wildman–Crippen LogP) is 5.52. The number of barbiturate groups is 1. The minimum absolute atomic E-state index is 0.211. The average molecular weight is 505 g/mol. The van der Waals surface area contributed by atoms with E-state index in [0.717, 1.165) is 27.2 Å². The van der Waals surface area contributed by atoms with Crippen molar-refractivity contribution in [1.82, 2.24) is 5.32 Å². The zero-order valence-electron chi connectivity index (χ0n) is 20.3. The second-order valence-electron chi connectivity index (χ2n) is 8.61. The fourth-order valence-corrected chi connectivity index (χ4v) is 4.30. The lowest BCUT2D eigenvalue weighted by molar-refractivity contribution is -0.122. The lowest BCUT2D eigenvalue weighted by Crippen LogP contribution is -2.54. The van der Waals surface area contributed by atoms with Crippen molar-refractivity contribution < 1.29 is 23.9 Å². The van der Waals surface area contributed by atoms with Crippen LogP contribution in [0.1, 0.15) is 27.8 Å². The van der Waals surface area contributed by atoms with Gasteiger partial charge in [-0.25, -0.2) is 9.69 Å². The molecule has 0 atom stereocenters. The van der Waals surface area contributed by atoms with Gasteiger partial charge in [-0.2, -0.15) is 0 Å². The van der Waals surface area contributed by atoms with E-state index in [1.165, 1.54) is 13.2 Å². The van der Waals surface area contributed by atoms with Crippen LogP contribution in [0.5, 0.6) is 11.5 Å². The summed E-state index contributed by atoms with van der Waals surface area (Å²) in [4.78, 5) is 39.0. The largest absolute Gasteiger partial charge is 0.493 e. The monoisotopic (exact) mass is 504 g/mol. The molecule has 0 bridgehead atoms. The number of hydrogen-bond donors (Lipinski definition) is 1. The van der Waals surface area contributed by atoms with Crippen molar-refractivity contribution in [2.45, 2.75) is 27.4 Å². The van der Waals surface area contributed by atoms with Crippen molar-refractivity contribution in [2.75, 3.05) is 12.0 Å². The van der Waals surface area contributed by atoms with Gasteiger partial charge in [0.05, 0.1) is 17.8 Å². The summed E-state index contributed by atoms with van der Waals surface area (Å²) in [7, 11) is 1.47. The number of aryl methyl sites for hydroxylation is 3. The molecule has 4 rings (SSSR count). The number of carbonyl (C=O) groups excluding carboxylic acids is 3. The number of carbonyl (C=O) groups is 3. The van der Waals surface area contributed by atoms with Crippen LogP contribution in [0.4, 0.5) is 10.5 Å². The number of benzene rings is 3. The molecule has 1 saturated heterocycles. The van der Waals surface area contributed by atoms with Crippen molar-refractivity contribution in [2.24, 2.45) is 0 Å². The Morgan fingerprint density at radius 1 is 0.917 bits per heavy atom. The molecule has 0 unspecified atom stereocenters. The van der Waals surface area contributed by atoms with Crippen LogP contribution < -0.4 is 19.7 Å². The summed E-state index contributed by atoms with van der Waals surface area (Å²) in [6.07, 6.45) is 1.37. The first-order valence-corrected chi connectivity index (χ1v) is 11.6. The standard InChI is InChI=1S/C28H25ClN2O5/c1-16-5-7-21(8-6-16)31-27(33)22(26(32)30-28(31)34)12-19-13-23(29)25(24(14-19)35-4)36-15-20-10-17(2)9-18(3)11-20/h5-14H,15H2,1-4H3,(H,30,32,34)/b22-12+. The maximum atomic E-state index is 13.1. The maximum absolute atomic E-state index is 13.1. The molecular formula is C28H25ClN2O5. The summed E-state index contributed by atoms with van der Waals surface area (Å²) < 4.78 is 11.4.